The summed E-state index contributed by atoms with van der Waals surface area (Å²) in [5, 5.41) is 2.84. The minimum Gasteiger partial charge on any atom is -0.325 e. The van der Waals surface area contributed by atoms with E-state index in [1.54, 1.807) is 31.2 Å². The van der Waals surface area contributed by atoms with Gasteiger partial charge in [-0.2, -0.15) is 13.2 Å². The highest BCUT2D eigenvalue weighted by Gasteiger charge is 2.30. The van der Waals surface area contributed by atoms with Crippen LogP contribution in [0.5, 0.6) is 0 Å². The second-order valence-electron chi connectivity index (χ2n) is 6.88. The van der Waals surface area contributed by atoms with Crippen LogP contribution in [0.2, 0.25) is 5.02 Å². The summed E-state index contributed by atoms with van der Waals surface area (Å²) >= 11 is 5.98. The van der Waals surface area contributed by atoms with E-state index in [0.29, 0.717) is 10.6 Å². The number of nitrogens with one attached hydrogen (secondary N) is 1. The van der Waals surface area contributed by atoms with Crippen LogP contribution < -0.4 is 9.62 Å². The van der Waals surface area contributed by atoms with E-state index in [4.69, 9.17) is 11.6 Å². The van der Waals surface area contributed by atoms with Crippen molar-refractivity contribution in [2.75, 3.05) is 16.2 Å². The molecule has 1 N–H and O–H groups in total. The van der Waals surface area contributed by atoms with Crippen molar-refractivity contribution in [3.05, 3.63) is 88.9 Å². The third-order valence-electron chi connectivity index (χ3n) is 4.54. The SMILES string of the molecule is Cc1cc(Cl)ccc1N(CC(=O)Nc1ccc(C(F)(F)F)cc1)S(=O)(=O)c1ccccc1. The molecule has 0 spiro atoms. The highest BCUT2D eigenvalue weighted by molar-refractivity contribution is 7.92. The first-order chi connectivity index (χ1) is 15.0. The zero-order valence-corrected chi connectivity index (χ0v) is 18.3. The molecule has 3 aromatic rings. The minimum atomic E-state index is -4.50. The molecule has 0 fully saturated rings. The van der Waals surface area contributed by atoms with Crippen LogP contribution in [-0.4, -0.2) is 20.9 Å². The lowest BCUT2D eigenvalue weighted by Crippen LogP contribution is -2.38. The number of rotatable bonds is 6. The van der Waals surface area contributed by atoms with Crippen molar-refractivity contribution in [1.29, 1.82) is 0 Å². The van der Waals surface area contributed by atoms with Gasteiger partial charge < -0.3 is 5.32 Å². The van der Waals surface area contributed by atoms with Gasteiger partial charge in [0.1, 0.15) is 6.54 Å². The molecular formula is C22H18ClF3N2O3S. The molecule has 10 heteroatoms. The normalized spacial score (nSPS) is 11.8. The van der Waals surface area contributed by atoms with Crippen molar-refractivity contribution in [2.45, 2.75) is 18.0 Å². The van der Waals surface area contributed by atoms with E-state index < -0.39 is 34.2 Å². The van der Waals surface area contributed by atoms with E-state index in [-0.39, 0.29) is 16.3 Å². The molecule has 5 nitrogen and oxygen atoms in total. The Balaban J connectivity index is 1.91. The Hall–Kier alpha value is -3.04. The summed E-state index contributed by atoms with van der Waals surface area (Å²) in [5.41, 5.74) is 0.0219. The molecule has 0 radical (unpaired) electrons. The predicted octanol–water partition coefficient (Wildman–Crippen LogP) is 5.50. The lowest BCUT2D eigenvalue weighted by Gasteiger charge is -2.25. The third-order valence-corrected chi connectivity index (χ3v) is 6.55. The van der Waals surface area contributed by atoms with Crippen LogP contribution in [0, 0.1) is 6.92 Å². The number of sulfonamides is 1. The van der Waals surface area contributed by atoms with Gasteiger partial charge in [-0.15, -0.1) is 0 Å². The summed E-state index contributed by atoms with van der Waals surface area (Å²) in [6.07, 6.45) is -4.50. The Kier molecular flexibility index (Phi) is 6.80. The lowest BCUT2D eigenvalue weighted by molar-refractivity contribution is -0.137. The number of anilines is 2. The van der Waals surface area contributed by atoms with Gasteiger partial charge in [-0.05, 0) is 67.1 Å². The van der Waals surface area contributed by atoms with Gasteiger partial charge in [0, 0.05) is 10.7 Å². The Labute approximate surface area is 188 Å². The molecular weight excluding hydrogens is 465 g/mol. The Morgan fingerprint density at radius 3 is 2.19 bits per heavy atom. The fraction of sp³-hybridized carbons (Fsp3) is 0.136. The number of alkyl halides is 3. The van der Waals surface area contributed by atoms with Crippen molar-refractivity contribution in [2.24, 2.45) is 0 Å². The van der Waals surface area contributed by atoms with Crippen molar-refractivity contribution >= 4 is 38.9 Å². The zero-order chi connectivity index (χ0) is 23.5. The summed E-state index contributed by atoms with van der Waals surface area (Å²) in [6.45, 7) is 1.06. The molecule has 3 aromatic carbocycles. The molecule has 32 heavy (non-hydrogen) atoms. The van der Waals surface area contributed by atoms with E-state index in [1.807, 2.05) is 0 Å². The second kappa shape index (κ2) is 9.22. The maximum atomic E-state index is 13.3. The predicted molar refractivity (Wildman–Crippen MR) is 117 cm³/mol. The average molecular weight is 483 g/mol. The number of aryl methyl sites for hydroxylation is 1. The molecule has 0 atom stereocenters. The molecule has 0 aromatic heterocycles. The molecule has 0 aliphatic carbocycles. The lowest BCUT2D eigenvalue weighted by atomic mass is 10.2. The fourth-order valence-corrected chi connectivity index (χ4v) is 4.72. The molecule has 168 valence electrons. The summed E-state index contributed by atoms with van der Waals surface area (Å²) in [5.74, 6) is -0.724. The zero-order valence-electron chi connectivity index (χ0n) is 16.7. The summed E-state index contributed by atoms with van der Waals surface area (Å²) in [6, 6.07) is 16.0. The second-order valence-corrected chi connectivity index (χ2v) is 9.18. The number of hydrogen-bond donors (Lipinski definition) is 1. The quantitative estimate of drug-likeness (QED) is 0.504. The van der Waals surface area contributed by atoms with Crippen LogP contribution in [0.3, 0.4) is 0 Å². The first-order valence-corrected chi connectivity index (χ1v) is 11.1. The average Bonchev–Trinajstić information content (AvgIpc) is 2.73. The van der Waals surface area contributed by atoms with E-state index in [9.17, 15) is 26.4 Å². The molecule has 0 aliphatic heterocycles. The van der Waals surface area contributed by atoms with Crippen LogP contribution in [0.15, 0.2) is 77.7 Å². The molecule has 0 bridgehead atoms. The highest BCUT2D eigenvalue weighted by Crippen LogP contribution is 2.31. The minimum absolute atomic E-state index is 0.0170. The number of nitrogens with zero attached hydrogens (tertiary/aromatic N) is 1. The van der Waals surface area contributed by atoms with Crippen LogP contribution in [-0.2, 0) is 21.0 Å². The van der Waals surface area contributed by atoms with Crippen LogP contribution >= 0.6 is 11.6 Å². The molecule has 3 rings (SSSR count). The Bertz CT molecular complexity index is 1220. The van der Waals surface area contributed by atoms with Gasteiger partial charge in [-0.25, -0.2) is 8.42 Å². The first-order valence-electron chi connectivity index (χ1n) is 9.29. The van der Waals surface area contributed by atoms with Gasteiger partial charge in [0.05, 0.1) is 16.1 Å². The number of amides is 1. The maximum Gasteiger partial charge on any atom is 0.416 e. The monoisotopic (exact) mass is 482 g/mol. The van der Waals surface area contributed by atoms with Crippen LogP contribution in [0.4, 0.5) is 24.5 Å². The van der Waals surface area contributed by atoms with Crippen molar-refractivity contribution < 1.29 is 26.4 Å². The van der Waals surface area contributed by atoms with Gasteiger partial charge in [0.2, 0.25) is 5.91 Å². The van der Waals surface area contributed by atoms with Crippen molar-refractivity contribution in [3.63, 3.8) is 0 Å². The fourth-order valence-electron chi connectivity index (χ4n) is 2.99. The Morgan fingerprint density at radius 1 is 1.00 bits per heavy atom. The first kappa shape index (κ1) is 23.6. The molecule has 0 unspecified atom stereocenters. The van der Waals surface area contributed by atoms with Gasteiger partial charge in [0.15, 0.2) is 0 Å². The molecule has 0 saturated heterocycles. The summed E-state index contributed by atoms with van der Waals surface area (Å²) in [7, 11) is -4.12. The number of halogens is 4. The molecule has 1 amide bonds. The maximum absolute atomic E-state index is 13.3. The van der Waals surface area contributed by atoms with E-state index in [2.05, 4.69) is 5.32 Å². The molecule has 0 aliphatic rings. The number of benzene rings is 3. The standard InChI is InChI=1S/C22H18ClF3N2O3S/c1-15-13-17(23)9-12-20(15)28(32(30,31)19-5-3-2-4-6-19)14-21(29)27-18-10-7-16(8-11-18)22(24,25)26/h2-13H,14H2,1H3,(H,27,29). The van der Waals surface area contributed by atoms with Crippen molar-refractivity contribution in [1.82, 2.24) is 0 Å². The van der Waals surface area contributed by atoms with Gasteiger partial charge in [-0.1, -0.05) is 29.8 Å². The highest BCUT2D eigenvalue weighted by atomic mass is 35.5. The number of hydrogen-bond acceptors (Lipinski definition) is 3. The van der Waals surface area contributed by atoms with Gasteiger partial charge >= 0.3 is 6.18 Å². The third kappa shape index (κ3) is 5.41. The number of carbonyl (C=O) groups is 1. The smallest absolute Gasteiger partial charge is 0.325 e. The van der Waals surface area contributed by atoms with Crippen LogP contribution in [0.1, 0.15) is 11.1 Å². The van der Waals surface area contributed by atoms with Crippen LogP contribution in [0.25, 0.3) is 0 Å². The largest absolute Gasteiger partial charge is 0.416 e. The van der Waals surface area contributed by atoms with E-state index >= 15 is 0 Å². The van der Waals surface area contributed by atoms with E-state index in [0.717, 1.165) is 28.6 Å². The van der Waals surface area contributed by atoms with Gasteiger partial charge in [-0.3, -0.25) is 9.10 Å². The molecule has 0 saturated carbocycles. The summed E-state index contributed by atoms with van der Waals surface area (Å²) < 4.78 is 65.7. The summed E-state index contributed by atoms with van der Waals surface area (Å²) in [4.78, 5) is 12.7. The Morgan fingerprint density at radius 2 is 1.62 bits per heavy atom. The van der Waals surface area contributed by atoms with Crippen molar-refractivity contribution in [3.8, 4) is 0 Å². The molecule has 0 heterocycles. The topological polar surface area (TPSA) is 66.5 Å². The van der Waals surface area contributed by atoms with Gasteiger partial charge in [0.25, 0.3) is 10.0 Å². The van der Waals surface area contributed by atoms with E-state index in [1.165, 1.54) is 24.3 Å². The number of carbonyl (C=O) groups excluding carboxylic acids is 1.